The SMILES string of the molecule is CCN(CC)c1ccc([Si])c(C(C)C)c1N(CC)CC. The lowest BCUT2D eigenvalue weighted by molar-refractivity contribution is 0.803. The smallest absolute Gasteiger partial charge is 0.0716 e. The van der Waals surface area contributed by atoms with Crippen LogP contribution in [0.2, 0.25) is 0 Å². The summed E-state index contributed by atoms with van der Waals surface area (Å²) in [4.78, 5) is 4.93. The Hall–Kier alpha value is -0.963. The van der Waals surface area contributed by atoms with Gasteiger partial charge in [-0.1, -0.05) is 25.1 Å². The molecule has 0 saturated heterocycles. The lowest BCUT2D eigenvalue weighted by Gasteiger charge is -2.34. The van der Waals surface area contributed by atoms with Gasteiger partial charge in [-0.3, -0.25) is 0 Å². The van der Waals surface area contributed by atoms with Gasteiger partial charge in [-0.2, -0.15) is 0 Å². The van der Waals surface area contributed by atoms with Crippen molar-refractivity contribution in [3.63, 3.8) is 0 Å². The average Bonchev–Trinajstić information content (AvgIpc) is 2.43. The number of nitrogens with zero attached hydrogens (tertiary/aromatic N) is 2. The topological polar surface area (TPSA) is 6.48 Å². The zero-order chi connectivity index (χ0) is 15.3. The van der Waals surface area contributed by atoms with Crippen molar-refractivity contribution in [1.82, 2.24) is 0 Å². The van der Waals surface area contributed by atoms with Gasteiger partial charge in [0.05, 0.1) is 21.6 Å². The first-order chi connectivity index (χ1) is 9.51. The molecule has 0 aliphatic rings. The Morgan fingerprint density at radius 3 is 1.80 bits per heavy atom. The zero-order valence-corrected chi connectivity index (χ0v) is 15.0. The normalized spacial score (nSPS) is 11.0. The maximum atomic E-state index is 3.81. The molecule has 0 bridgehead atoms. The van der Waals surface area contributed by atoms with Crippen LogP contribution in [0.25, 0.3) is 0 Å². The number of benzene rings is 1. The van der Waals surface area contributed by atoms with Crippen LogP contribution in [0.4, 0.5) is 11.4 Å². The first-order valence-corrected chi connectivity index (χ1v) is 8.39. The maximum Gasteiger partial charge on any atom is 0.0716 e. The fourth-order valence-electron chi connectivity index (χ4n) is 2.87. The molecule has 0 aliphatic carbocycles. The fourth-order valence-corrected chi connectivity index (χ4v) is 3.36. The van der Waals surface area contributed by atoms with Crippen LogP contribution in [0.1, 0.15) is 53.0 Å². The highest BCUT2D eigenvalue weighted by Crippen LogP contribution is 2.35. The molecule has 2 nitrogen and oxygen atoms in total. The second-order valence-electron chi connectivity index (χ2n) is 5.39. The van der Waals surface area contributed by atoms with Gasteiger partial charge < -0.3 is 9.80 Å². The van der Waals surface area contributed by atoms with E-state index in [1.165, 1.54) is 22.1 Å². The van der Waals surface area contributed by atoms with Gasteiger partial charge >= 0.3 is 0 Å². The minimum Gasteiger partial charge on any atom is -0.370 e. The van der Waals surface area contributed by atoms with Crippen LogP contribution in [-0.4, -0.2) is 36.4 Å². The van der Waals surface area contributed by atoms with Gasteiger partial charge in [-0.15, -0.1) is 0 Å². The molecule has 0 atom stereocenters. The van der Waals surface area contributed by atoms with Crippen molar-refractivity contribution in [1.29, 1.82) is 0 Å². The Morgan fingerprint density at radius 1 is 0.900 bits per heavy atom. The summed E-state index contributed by atoms with van der Waals surface area (Å²) in [5.74, 6) is 0.508. The minimum atomic E-state index is 0.508. The predicted octanol–water partition coefficient (Wildman–Crippen LogP) is 3.30. The summed E-state index contributed by atoms with van der Waals surface area (Å²) in [6, 6.07) is 4.46. The summed E-state index contributed by atoms with van der Waals surface area (Å²) in [7, 11) is 3.81. The summed E-state index contributed by atoms with van der Waals surface area (Å²) >= 11 is 0. The lowest BCUT2D eigenvalue weighted by atomic mass is 9.98. The van der Waals surface area contributed by atoms with Gasteiger partial charge in [-0.25, -0.2) is 0 Å². The Morgan fingerprint density at radius 2 is 1.40 bits per heavy atom. The standard InChI is InChI=1S/C17H29N2Si/c1-7-18(8-2)14-11-12-15(20)16(13(5)6)17(14)19(9-3)10-4/h11-13H,7-10H2,1-6H3. The molecule has 0 heterocycles. The van der Waals surface area contributed by atoms with Crippen LogP contribution in [0.15, 0.2) is 12.1 Å². The molecule has 0 aromatic heterocycles. The monoisotopic (exact) mass is 289 g/mol. The molecule has 0 saturated carbocycles. The van der Waals surface area contributed by atoms with E-state index in [2.05, 4.69) is 73.7 Å². The van der Waals surface area contributed by atoms with E-state index in [0.717, 1.165) is 26.2 Å². The summed E-state index contributed by atoms with van der Waals surface area (Å²) in [5, 5.41) is 1.22. The third kappa shape index (κ3) is 3.37. The van der Waals surface area contributed by atoms with Gasteiger partial charge in [0.2, 0.25) is 0 Å². The quantitative estimate of drug-likeness (QED) is 0.711. The van der Waals surface area contributed by atoms with E-state index in [1.807, 2.05) is 0 Å². The molecule has 0 spiro atoms. The maximum absolute atomic E-state index is 3.81. The summed E-state index contributed by atoms with van der Waals surface area (Å²) in [5.41, 5.74) is 4.19. The third-order valence-electron chi connectivity index (χ3n) is 3.96. The van der Waals surface area contributed by atoms with E-state index in [-0.39, 0.29) is 0 Å². The molecule has 0 amide bonds. The first kappa shape index (κ1) is 17.1. The molecule has 1 rings (SSSR count). The molecule has 3 radical (unpaired) electrons. The van der Waals surface area contributed by atoms with Crippen molar-refractivity contribution >= 4 is 26.8 Å². The molecule has 1 aromatic rings. The third-order valence-corrected chi connectivity index (χ3v) is 4.39. The van der Waals surface area contributed by atoms with E-state index < -0.39 is 0 Å². The van der Waals surface area contributed by atoms with Gasteiger partial charge in [0.15, 0.2) is 0 Å². The van der Waals surface area contributed by atoms with Crippen LogP contribution < -0.4 is 15.0 Å². The van der Waals surface area contributed by atoms with Crippen LogP contribution in [0.5, 0.6) is 0 Å². The summed E-state index contributed by atoms with van der Waals surface area (Å²) < 4.78 is 0. The molecule has 111 valence electrons. The van der Waals surface area contributed by atoms with Crippen molar-refractivity contribution < 1.29 is 0 Å². The Balaban J connectivity index is 3.55. The Bertz CT molecular complexity index is 421. The molecule has 0 unspecified atom stereocenters. The highest BCUT2D eigenvalue weighted by Gasteiger charge is 2.20. The van der Waals surface area contributed by atoms with Crippen molar-refractivity contribution in [2.24, 2.45) is 0 Å². The zero-order valence-electron chi connectivity index (χ0n) is 14.0. The van der Waals surface area contributed by atoms with Gasteiger partial charge in [0, 0.05) is 26.2 Å². The van der Waals surface area contributed by atoms with E-state index in [1.54, 1.807) is 0 Å². The number of hydrogen-bond acceptors (Lipinski definition) is 2. The largest absolute Gasteiger partial charge is 0.370 e. The molecular weight excluding hydrogens is 260 g/mol. The van der Waals surface area contributed by atoms with Gasteiger partial charge in [-0.05, 0) is 45.2 Å². The van der Waals surface area contributed by atoms with Crippen molar-refractivity contribution in [2.75, 3.05) is 36.0 Å². The number of hydrogen-bond donors (Lipinski definition) is 0. The Kier molecular flexibility index (Phi) is 6.60. The van der Waals surface area contributed by atoms with Crippen LogP contribution in [0, 0.1) is 0 Å². The first-order valence-electron chi connectivity index (χ1n) is 7.89. The van der Waals surface area contributed by atoms with Crippen molar-refractivity contribution in [2.45, 2.75) is 47.5 Å². The predicted molar refractivity (Wildman–Crippen MR) is 93.0 cm³/mol. The summed E-state index contributed by atoms with van der Waals surface area (Å²) in [6.45, 7) is 17.7. The molecule has 3 heteroatoms. The molecular formula is C17H29N2Si. The van der Waals surface area contributed by atoms with Crippen molar-refractivity contribution in [3.05, 3.63) is 17.7 Å². The lowest BCUT2D eigenvalue weighted by Crippen LogP contribution is -2.31. The van der Waals surface area contributed by atoms with Crippen LogP contribution in [-0.2, 0) is 0 Å². The average molecular weight is 290 g/mol. The second-order valence-corrected chi connectivity index (χ2v) is 5.93. The van der Waals surface area contributed by atoms with Gasteiger partial charge in [0.1, 0.15) is 0 Å². The van der Waals surface area contributed by atoms with E-state index in [4.69, 9.17) is 0 Å². The van der Waals surface area contributed by atoms with E-state index in [9.17, 15) is 0 Å². The van der Waals surface area contributed by atoms with E-state index in [0.29, 0.717) is 5.92 Å². The second kappa shape index (κ2) is 7.72. The molecule has 20 heavy (non-hydrogen) atoms. The van der Waals surface area contributed by atoms with Crippen LogP contribution >= 0.6 is 0 Å². The summed E-state index contributed by atoms with van der Waals surface area (Å²) in [6.07, 6.45) is 0. The minimum absolute atomic E-state index is 0.508. The van der Waals surface area contributed by atoms with E-state index >= 15 is 0 Å². The van der Waals surface area contributed by atoms with Gasteiger partial charge in [0.25, 0.3) is 0 Å². The number of anilines is 2. The molecule has 0 N–H and O–H groups in total. The molecule has 0 fully saturated rings. The molecule has 1 aromatic carbocycles. The molecule has 0 aliphatic heterocycles. The van der Waals surface area contributed by atoms with Crippen LogP contribution in [0.3, 0.4) is 0 Å². The Labute approximate surface area is 128 Å². The highest BCUT2D eigenvalue weighted by molar-refractivity contribution is 6.34. The highest BCUT2D eigenvalue weighted by atomic mass is 28.1. The van der Waals surface area contributed by atoms with Crippen molar-refractivity contribution in [3.8, 4) is 0 Å². The number of rotatable bonds is 7. The fraction of sp³-hybridized carbons (Fsp3) is 0.647.